The summed E-state index contributed by atoms with van der Waals surface area (Å²) in [6, 6.07) is 18.6. The first-order chi connectivity index (χ1) is 12.3. The Balaban J connectivity index is 1.62. The van der Waals surface area contributed by atoms with Crippen molar-refractivity contribution in [2.45, 2.75) is 51.7 Å². The van der Waals surface area contributed by atoms with Gasteiger partial charge in [-0.2, -0.15) is 0 Å². The molecule has 2 aliphatic rings. The molecule has 128 valence electrons. The number of benzene rings is 2. The molecular formula is C23H26N2. The predicted molar refractivity (Wildman–Crippen MR) is 104 cm³/mol. The van der Waals surface area contributed by atoms with E-state index in [4.69, 9.17) is 0 Å². The topological polar surface area (TPSA) is 8.17 Å². The fourth-order valence-electron chi connectivity index (χ4n) is 5.00. The number of hydrogen-bond donors (Lipinski definition) is 0. The lowest BCUT2D eigenvalue weighted by molar-refractivity contribution is 0.173. The summed E-state index contributed by atoms with van der Waals surface area (Å²) >= 11 is 0. The molecule has 0 saturated carbocycles. The Morgan fingerprint density at radius 2 is 1.88 bits per heavy atom. The SMILES string of the molecule is Cc1ccc2c(c1)c1c3n2CCCN(Cc2ccccc2)C3CCC1. The van der Waals surface area contributed by atoms with Crippen molar-refractivity contribution < 1.29 is 0 Å². The highest BCUT2D eigenvalue weighted by atomic mass is 15.2. The van der Waals surface area contributed by atoms with E-state index >= 15 is 0 Å². The van der Waals surface area contributed by atoms with E-state index in [1.165, 1.54) is 54.3 Å². The second-order valence-electron chi connectivity index (χ2n) is 7.75. The third kappa shape index (κ3) is 2.51. The molecule has 1 unspecified atom stereocenters. The quantitative estimate of drug-likeness (QED) is 0.624. The van der Waals surface area contributed by atoms with Crippen molar-refractivity contribution in [3.8, 4) is 0 Å². The van der Waals surface area contributed by atoms with Gasteiger partial charge in [-0.3, -0.25) is 4.90 Å². The van der Waals surface area contributed by atoms with Crippen LogP contribution in [0, 0.1) is 6.92 Å². The van der Waals surface area contributed by atoms with Gasteiger partial charge in [0.15, 0.2) is 0 Å². The van der Waals surface area contributed by atoms with Crippen LogP contribution < -0.4 is 0 Å². The summed E-state index contributed by atoms with van der Waals surface area (Å²) in [6.45, 7) is 5.66. The molecule has 2 aromatic carbocycles. The minimum atomic E-state index is 0.583. The summed E-state index contributed by atoms with van der Waals surface area (Å²) in [5.41, 5.74) is 7.54. The second kappa shape index (κ2) is 6.03. The normalized spacial score (nSPS) is 20.4. The van der Waals surface area contributed by atoms with Crippen LogP contribution >= 0.6 is 0 Å². The third-order valence-corrected chi connectivity index (χ3v) is 6.08. The molecule has 25 heavy (non-hydrogen) atoms. The standard InChI is InChI=1S/C23H26N2/c1-17-11-12-21-20(15-17)19-9-5-10-22-23(19)25(21)14-6-13-24(22)16-18-7-3-2-4-8-18/h2-4,7-8,11-12,15,22H,5-6,9-10,13-14,16H2,1H3. The van der Waals surface area contributed by atoms with Crippen LogP contribution in [0.1, 0.15) is 47.7 Å². The van der Waals surface area contributed by atoms with Gasteiger partial charge < -0.3 is 4.57 Å². The number of nitrogens with zero attached hydrogens (tertiary/aromatic N) is 2. The summed E-state index contributed by atoms with van der Waals surface area (Å²) in [6.07, 6.45) is 5.11. The molecule has 0 amide bonds. The van der Waals surface area contributed by atoms with Crippen molar-refractivity contribution in [3.05, 3.63) is 70.9 Å². The molecule has 0 spiro atoms. The average molecular weight is 330 g/mol. The van der Waals surface area contributed by atoms with Gasteiger partial charge in [0.1, 0.15) is 0 Å². The lowest BCUT2D eigenvalue weighted by Crippen LogP contribution is -2.30. The van der Waals surface area contributed by atoms with Crippen LogP contribution in [0.5, 0.6) is 0 Å². The minimum absolute atomic E-state index is 0.583. The summed E-state index contributed by atoms with van der Waals surface area (Å²) in [7, 11) is 0. The minimum Gasteiger partial charge on any atom is -0.343 e. The van der Waals surface area contributed by atoms with Crippen molar-refractivity contribution in [2.24, 2.45) is 0 Å². The zero-order valence-corrected chi connectivity index (χ0v) is 15.0. The lowest BCUT2D eigenvalue weighted by Gasteiger charge is -2.33. The van der Waals surface area contributed by atoms with Gasteiger partial charge in [0.25, 0.3) is 0 Å². The smallest absolute Gasteiger partial charge is 0.0507 e. The summed E-state index contributed by atoms with van der Waals surface area (Å²) in [5, 5.41) is 1.52. The molecule has 2 heterocycles. The Labute approximate surface area is 150 Å². The Morgan fingerprint density at radius 3 is 2.76 bits per heavy atom. The molecule has 1 aliphatic carbocycles. The first kappa shape index (κ1) is 15.2. The highest BCUT2D eigenvalue weighted by molar-refractivity contribution is 5.86. The van der Waals surface area contributed by atoms with Gasteiger partial charge in [-0.1, -0.05) is 42.0 Å². The van der Waals surface area contributed by atoms with Crippen LogP contribution in [0.4, 0.5) is 0 Å². The van der Waals surface area contributed by atoms with Gasteiger partial charge in [-0.05, 0) is 55.9 Å². The van der Waals surface area contributed by atoms with E-state index in [1.54, 1.807) is 11.3 Å². The van der Waals surface area contributed by atoms with Gasteiger partial charge in [0, 0.05) is 36.2 Å². The van der Waals surface area contributed by atoms with Crippen molar-refractivity contribution in [3.63, 3.8) is 0 Å². The van der Waals surface area contributed by atoms with Crippen LogP contribution in [-0.4, -0.2) is 16.0 Å². The number of rotatable bonds is 2. The zero-order valence-electron chi connectivity index (χ0n) is 15.0. The van der Waals surface area contributed by atoms with E-state index in [9.17, 15) is 0 Å². The van der Waals surface area contributed by atoms with Crippen molar-refractivity contribution in [1.82, 2.24) is 9.47 Å². The molecular weight excluding hydrogens is 304 g/mol. The highest BCUT2D eigenvalue weighted by Crippen LogP contribution is 2.42. The molecule has 0 radical (unpaired) electrons. The van der Waals surface area contributed by atoms with Crippen LogP contribution in [0.2, 0.25) is 0 Å². The van der Waals surface area contributed by atoms with E-state index in [0.29, 0.717) is 6.04 Å². The van der Waals surface area contributed by atoms with Gasteiger partial charge >= 0.3 is 0 Å². The molecule has 3 aromatic rings. The molecule has 0 fully saturated rings. The fourth-order valence-corrected chi connectivity index (χ4v) is 5.00. The monoisotopic (exact) mass is 330 g/mol. The van der Waals surface area contributed by atoms with Crippen LogP contribution in [-0.2, 0) is 19.5 Å². The predicted octanol–water partition coefficient (Wildman–Crippen LogP) is 5.23. The highest BCUT2D eigenvalue weighted by Gasteiger charge is 2.33. The van der Waals surface area contributed by atoms with Gasteiger partial charge in [-0.15, -0.1) is 0 Å². The van der Waals surface area contributed by atoms with Gasteiger partial charge in [-0.25, -0.2) is 0 Å². The van der Waals surface area contributed by atoms with E-state index in [0.717, 1.165) is 13.1 Å². The number of aromatic nitrogens is 1. The Kier molecular flexibility index (Phi) is 3.67. The van der Waals surface area contributed by atoms with Gasteiger partial charge in [0.05, 0.1) is 6.04 Å². The summed E-state index contributed by atoms with van der Waals surface area (Å²) < 4.78 is 2.65. The molecule has 0 N–H and O–H groups in total. The molecule has 1 aliphatic heterocycles. The van der Waals surface area contributed by atoms with Crippen LogP contribution in [0.3, 0.4) is 0 Å². The van der Waals surface area contributed by atoms with Crippen LogP contribution in [0.25, 0.3) is 10.9 Å². The van der Waals surface area contributed by atoms with Crippen molar-refractivity contribution in [1.29, 1.82) is 0 Å². The Morgan fingerprint density at radius 1 is 1.00 bits per heavy atom. The third-order valence-electron chi connectivity index (χ3n) is 6.08. The maximum atomic E-state index is 2.74. The molecule has 0 saturated heterocycles. The van der Waals surface area contributed by atoms with Crippen LogP contribution in [0.15, 0.2) is 48.5 Å². The average Bonchev–Trinajstić information content (AvgIpc) is 2.83. The van der Waals surface area contributed by atoms with E-state index < -0.39 is 0 Å². The Hall–Kier alpha value is -2.06. The molecule has 5 rings (SSSR count). The Bertz CT molecular complexity index is 903. The van der Waals surface area contributed by atoms with Gasteiger partial charge in [0.2, 0.25) is 0 Å². The molecule has 1 atom stereocenters. The molecule has 2 heteroatoms. The maximum Gasteiger partial charge on any atom is 0.0507 e. The fraction of sp³-hybridized carbons (Fsp3) is 0.391. The number of aryl methyl sites for hydroxylation is 3. The van der Waals surface area contributed by atoms with Crippen molar-refractivity contribution >= 4 is 10.9 Å². The largest absolute Gasteiger partial charge is 0.343 e. The first-order valence-electron chi connectivity index (χ1n) is 9.71. The molecule has 1 aromatic heterocycles. The van der Waals surface area contributed by atoms with E-state index in [2.05, 4.69) is 64.9 Å². The lowest BCUT2D eigenvalue weighted by atomic mass is 9.90. The first-order valence-corrected chi connectivity index (χ1v) is 9.71. The summed E-state index contributed by atoms with van der Waals surface area (Å²) in [5.74, 6) is 0. The second-order valence-corrected chi connectivity index (χ2v) is 7.75. The number of hydrogen-bond acceptors (Lipinski definition) is 1. The maximum absolute atomic E-state index is 2.74. The van der Waals surface area contributed by atoms with E-state index in [1.807, 2.05) is 0 Å². The van der Waals surface area contributed by atoms with Crippen molar-refractivity contribution in [2.75, 3.05) is 6.54 Å². The van der Waals surface area contributed by atoms with E-state index in [-0.39, 0.29) is 0 Å². The zero-order chi connectivity index (χ0) is 16.8. The number of fused-ring (bicyclic) bond motifs is 3. The molecule has 0 bridgehead atoms. The molecule has 2 nitrogen and oxygen atoms in total. The summed E-state index contributed by atoms with van der Waals surface area (Å²) in [4.78, 5) is 2.74.